The van der Waals surface area contributed by atoms with Gasteiger partial charge in [-0.2, -0.15) is 0 Å². The molecule has 2 unspecified atom stereocenters. The van der Waals surface area contributed by atoms with E-state index in [1.165, 1.54) is 72.3 Å². The maximum atomic E-state index is 4.73. The van der Waals surface area contributed by atoms with Gasteiger partial charge < -0.3 is 0 Å². The first-order valence-electron chi connectivity index (χ1n) is 11.4. The van der Waals surface area contributed by atoms with Crippen molar-refractivity contribution >= 4 is 23.7 Å². The summed E-state index contributed by atoms with van der Waals surface area (Å²) in [4.78, 5) is 6.18. The molecule has 0 amide bonds. The minimum atomic E-state index is 0.542. The van der Waals surface area contributed by atoms with Crippen LogP contribution in [0.4, 0.5) is 5.69 Å². The first kappa shape index (κ1) is 23.3. The number of aryl methyl sites for hydroxylation is 2. The van der Waals surface area contributed by atoms with Gasteiger partial charge >= 0.3 is 0 Å². The van der Waals surface area contributed by atoms with Crippen molar-refractivity contribution in [2.24, 2.45) is 22.7 Å². The average Bonchev–Trinajstić information content (AvgIpc) is 2.69. The third kappa shape index (κ3) is 7.43. The van der Waals surface area contributed by atoms with Crippen LogP contribution in [-0.2, 0) is 6.42 Å². The molecule has 1 nitrogen and oxygen atoms in total. The fourth-order valence-corrected chi connectivity index (χ4v) is 5.20. The standard InChI is InChI=1S/C26H41NS/c1-7-19(2)18-27-26-17-21(4)25(16-22(26)5)15-20(3)13-14-28-23(6)24-11-9-8-10-12-24/h16-20,24H,6-15H2,1-5H3. The van der Waals surface area contributed by atoms with E-state index in [1.807, 2.05) is 11.8 Å². The molecule has 0 aromatic heterocycles. The second-order valence-corrected chi connectivity index (χ2v) is 10.2. The summed E-state index contributed by atoms with van der Waals surface area (Å²) >= 11 is 2.03. The van der Waals surface area contributed by atoms with Crippen molar-refractivity contribution in [1.82, 2.24) is 0 Å². The summed E-state index contributed by atoms with van der Waals surface area (Å²) < 4.78 is 0. The Balaban J connectivity index is 1.84. The van der Waals surface area contributed by atoms with E-state index >= 15 is 0 Å². The molecule has 2 heteroatoms. The van der Waals surface area contributed by atoms with Gasteiger partial charge in [0.05, 0.1) is 5.69 Å². The number of hydrogen-bond acceptors (Lipinski definition) is 2. The van der Waals surface area contributed by atoms with Gasteiger partial charge in [0.1, 0.15) is 0 Å². The number of allylic oxidation sites excluding steroid dienone is 1. The van der Waals surface area contributed by atoms with Crippen LogP contribution in [0.2, 0.25) is 0 Å². The zero-order valence-corrected chi connectivity index (χ0v) is 19.7. The summed E-state index contributed by atoms with van der Waals surface area (Å²) in [6, 6.07) is 4.64. The number of benzene rings is 1. The summed E-state index contributed by atoms with van der Waals surface area (Å²) in [6.45, 7) is 15.6. The van der Waals surface area contributed by atoms with Gasteiger partial charge in [-0.25, -0.2) is 0 Å². The predicted octanol–water partition coefficient (Wildman–Crippen LogP) is 8.45. The van der Waals surface area contributed by atoms with E-state index in [9.17, 15) is 0 Å². The zero-order chi connectivity index (χ0) is 20.5. The first-order chi connectivity index (χ1) is 13.4. The Kier molecular flexibility index (Phi) is 9.85. The molecular weight excluding hydrogens is 358 g/mol. The van der Waals surface area contributed by atoms with Crippen LogP contribution in [0.1, 0.15) is 82.4 Å². The van der Waals surface area contributed by atoms with Gasteiger partial charge in [0, 0.05) is 6.21 Å². The molecule has 1 fully saturated rings. The lowest BCUT2D eigenvalue weighted by molar-refractivity contribution is 0.415. The molecule has 0 aliphatic heterocycles. The molecule has 0 bridgehead atoms. The summed E-state index contributed by atoms with van der Waals surface area (Å²) in [5, 5.41) is 0. The largest absolute Gasteiger partial charge is 0.261 e. The Morgan fingerprint density at radius 1 is 1.18 bits per heavy atom. The SMILES string of the molecule is C=C(SCCC(C)Cc1cc(C)c(N=CC(C)CC)cc1C)C1CCCCC1. The third-order valence-corrected chi connectivity index (χ3v) is 7.44. The van der Waals surface area contributed by atoms with Gasteiger partial charge in [-0.3, -0.25) is 4.99 Å². The number of thioether (sulfide) groups is 1. The van der Waals surface area contributed by atoms with Crippen LogP contribution in [-0.4, -0.2) is 12.0 Å². The Morgan fingerprint density at radius 2 is 1.89 bits per heavy atom. The van der Waals surface area contributed by atoms with Gasteiger partial charge in [-0.05, 0) is 97.1 Å². The van der Waals surface area contributed by atoms with Crippen LogP contribution in [0.25, 0.3) is 0 Å². The fourth-order valence-electron chi connectivity index (χ4n) is 3.94. The van der Waals surface area contributed by atoms with Crippen LogP contribution in [0.3, 0.4) is 0 Å². The lowest BCUT2D eigenvalue weighted by Crippen LogP contribution is -2.08. The van der Waals surface area contributed by atoms with Crippen LogP contribution >= 0.6 is 11.8 Å². The molecule has 2 atom stereocenters. The Labute approximate surface area is 178 Å². The number of aliphatic imine (C=N–C) groups is 1. The maximum absolute atomic E-state index is 4.73. The van der Waals surface area contributed by atoms with Crippen molar-refractivity contribution in [1.29, 1.82) is 0 Å². The van der Waals surface area contributed by atoms with Gasteiger partial charge in [0.25, 0.3) is 0 Å². The van der Waals surface area contributed by atoms with E-state index in [2.05, 4.69) is 59.5 Å². The van der Waals surface area contributed by atoms with Crippen molar-refractivity contribution in [2.75, 3.05) is 5.75 Å². The topological polar surface area (TPSA) is 12.4 Å². The monoisotopic (exact) mass is 399 g/mol. The lowest BCUT2D eigenvalue weighted by Gasteiger charge is -2.23. The Bertz CT molecular complexity index is 655. The molecule has 1 aromatic rings. The number of nitrogens with zero attached hydrogens (tertiary/aromatic N) is 1. The van der Waals surface area contributed by atoms with E-state index in [1.54, 1.807) is 0 Å². The Morgan fingerprint density at radius 3 is 2.57 bits per heavy atom. The zero-order valence-electron chi connectivity index (χ0n) is 18.9. The van der Waals surface area contributed by atoms with Gasteiger partial charge in [-0.1, -0.05) is 52.7 Å². The molecule has 1 aliphatic rings. The molecular formula is C26H41NS. The molecule has 1 saturated carbocycles. The highest BCUT2D eigenvalue weighted by molar-refractivity contribution is 8.03. The molecule has 2 rings (SSSR count). The van der Waals surface area contributed by atoms with Crippen molar-refractivity contribution in [2.45, 2.75) is 86.0 Å². The molecule has 0 N–H and O–H groups in total. The quantitative estimate of drug-likeness (QED) is 0.359. The van der Waals surface area contributed by atoms with Crippen LogP contribution < -0.4 is 0 Å². The summed E-state index contributed by atoms with van der Waals surface area (Å²) in [5.74, 6) is 3.24. The second kappa shape index (κ2) is 11.9. The van der Waals surface area contributed by atoms with Crippen LogP contribution in [0, 0.1) is 31.6 Å². The molecule has 28 heavy (non-hydrogen) atoms. The molecule has 1 aromatic carbocycles. The van der Waals surface area contributed by atoms with E-state index in [0.717, 1.165) is 18.0 Å². The van der Waals surface area contributed by atoms with Gasteiger partial charge in [0.15, 0.2) is 0 Å². The van der Waals surface area contributed by atoms with Gasteiger partial charge in [0.2, 0.25) is 0 Å². The first-order valence-corrected chi connectivity index (χ1v) is 12.3. The molecule has 1 aliphatic carbocycles. The van der Waals surface area contributed by atoms with Crippen molar-refractivity contribution in [3.05, 3.63) is 40.3 Å². The average molecular weight is 400 g/mol. The molecule has 0 saturated heterocycles. The van der Waals surface area contributed by atoms with E-state index in [0.29, 0.717) is 11.8 Å². The summed E-state index contributed by atoms with van der Waals surface area (Å²) in [6.07, 6.45) is 12.6. The smallest absolute Gasteiger partial charge is 0.0657 e. The molecule has 0 heterocycles. The fraction of sp³-hybridized carbons (Fsp3) is 0.654. The minimum absolute atomic E-state index is 0.542. The van der Waals surface area contributed by atoms with E-state index < -0.39 is 0 Å². The Hall–Kier alpha value is -1.02. The van der Waals surface area contributed by atoms with Crippen LogP contribution in [0.5, 0.6) is 0 Å². The highest BCUT2D eigenvalue weighted by atomic mass is 32.2. The normalized spacial score (nSPS) is 17.8. The second-order valence-electron chi connectivity index (χ2n) is 8.98. The number of rotatable bonds is 10. The van der Waals surface area contributed by atoms with Crippen molar-refractivity contribution in [3.63, 3.8) is 0 Å². The molecule has 0 spiro atoms. The highest BCUT2D eigenvalue weighted by Gasteiger charge is 2.17. The maximum Gasteiger partial charge on any atom is 0.0657 e. The van der Waals surface area contributed by atoms with Gasteiger partial charge in [-0.15, -0.1) is 11.8 Å². The van der Waals surface area contributed by atoms with E-state index in [-0.39, 0.29) is 0 Å². The van der Waals surface area contributed by atoms with Crippen molar-refractivity contribution in [3.8, 4) is 0 Å². The predicted molar refractivity (Wildman–Crippen MR) is 129 cm³/mol. The lowest BCUT2D eigenvalue weighted by atomic mass is 9.89. The number of hydrogen-bond donors (Lipinski definition) is 0. The third-order valence-electron chi connectivity index (χ3n) is 6.29. The minimum Gasteiger partial charge on any atom is -0.261 e. The molecule has 0 radical (unpaired) electrons. The summed E-state index contributed by atoms with van der Waals surface area (Å²) in [7, 11) is 0. The van der Waals surface area contributed by atoms with Crippen LogP contribution in [0.15, 0.2) is 28.6 Å². The van der Waals surface area contributed by atoms with E-state index in [4.69, 9.17) is 4.99 Å². The summed E-state index contributed by atoms with van der Waals surface area (Å²) in [5.41, 5.74) is 5.30. The van der Waals surface area contributed by atoms with Crippen molar-refractivity contribution < 1.29 is 0 Å². The highest BCUT2D eigenvalue weighted by Crippen LogP contribution is 2.35. The molecule has 156 valence electrons.